The lowest BCUT2D eigenvalue weighted by Gasteiger charge is -2.12. The molecular formula is C22H21BrN2O2. The van der Waals surface area contributed by atoms with Crippen LogP contribution in [-0.2, 0) is 16.0 Å². The molecule has 1 aromatic carbocycles. The maximum atomic E-state index is 11.4. The van der Waals surface area contributed by atoms with E-state index in [1.54, 1.807) is 0 Å². The van der Waals surface area contributed by atoms with Crippen molar-refractivity contribution in [3.63, 3.8) is 0 Å². The number of methoxy groups -OCH3 is 1. The highest BCUT2D eigenvalue weighted by atomic mass is 79.9. The van der Waals surface area contributed by atoms with Gasteiger partial charge in [0.2, 0.25) is 0 Å². The predicted molar refractivity (Wildman–Crippen MR) is 110 cm³/mol. The van der Waals surface area contributed by atoms with Crippen molar-refractivity contribution in [3.05, 3.63) is 69.6 Å². The molecule has 0 saturated heterocycles. The first-order chi connectivity index (χ1) is 13.0. The lowest BCUT2D eigenvalue weighted by atomic mass is 9.92. The molecule has 1 aliphatic heterocycles. The summed E-state index contributed by atoms with van der Waals surface area (Å²) in [6, 6.07) is 10.3. The smallest absolute Gasteiger partial charge is 0.309 e. The molecule has 0 radical (unpaired) electrons. The number of aromatic nitrogens is 1. The molecule has 2 aliphatic rings. The Morgan fingerprint density at radius 1 is 1.30 bits per heavy atom. The number of esters is 1. The number of halogens is 1. The summed E-state index contributed by atoms with van der Waals surface area (Å²) < 4.78 is 5.76. The molecule has 2 unspecified atom stereocenters. The normalized spacial score (nSPS) is 20.9. The first-order valence-electron chi connectivity index (χ1n) is 9.12. The van der Waals surface area contributed by atoms with E-state index in [1.165, 1.54) is 29.7 Å². The third-order valence-electron chi connectivity index (χ3n) is 5.43. The van der Waals surface area contributed by atoms with Gasteiger partial charge in [0, 0.05) is 34.9 Å². The Balaban J connectivity index is 1.47. The van der Waals surface area contributed by atoms with Crippen LogP contribution in [0, 0.1) is 0 Å². The molecule has 4 rings (SSSR count). The molecule has 4 nitrogen and oxygen atoms in total. The van der Waals surface area contributed by atoms with E-state index in [0.29, 0.717) is 18.3 Å². The van der Waals surface area contributed by atoms with Crippen molar-refractivity contribution in [1.29, 1.82) is 0 Å². The van der Waals surface area contributed by atoms with Gasteiger partial charge in [0.15, 0.2) is 0 Å². The van der Waals surface area contributed by atoms with Crippen molar-refractivity contribution in [1.82, 2.24) is 4.98 Å². The topological polar surface area (TPSA) is 51.5 Å². The number of rotatable bonds is 4. The van der Waals surface area contributed by atoms with Crippen LogP contribution in [0.3, 0.4) is 0 Å². The number of hydrogen-bond donors (Lipinski definition) is 0. The van der Waals surface area contributed by atoms with Gasteiger partial charge in [0.05, 0.1) is 19.2 Å². The molecular weight excluding hydrogens is 404 g/mol. The van der Waals surface area contributed by atoms with Crippen LogP contribution < -0.4 is 0 Å². The average molecular weight is 425 g/mol. The van der Waals surface area contributed by atoms with Crippen molar-refractivity contribution >= 4 is 33.2 Å². The zero-order valence-corrected chi connectivity index (χ0v) is 17.0. The summed E-state index contributed by atoms with van der Waals surface area (Å²) in [6.07, 6.45) is 6.08. The number of hydrogen-bond acceptors (Lipinski definition) is 4. The second kappa shape index (κ2) is 7.39. The Morgan fingerprint density at radius 3 is 2.81 bits per heavy atom. The largest absolute Gasteiger partial charge is 0.469 e. The fourth-order valence-electron chi connectivity index (χ4n) is 3.95. The van der Waals surface area contributed by atoms with Gasteiger partial charge in [-0.1, -0.05) is 31.2 Å². The molecule has 0 N–H and O–H groups in total. The highest BCUT2D eigenvalue weighted by molar-refractivity contribution is 9.10. The van der Waals surface area contributed by atoms with Crippen LogP contribution in [0.15, 0.2) is 52.2 Å². The number of aliphatic imine (C=N–C) groups is 1. The van der Waals surface area contributed by atoms with Crippen molar-refractivity contribution < 1.29 is 9.53 Å². The second-order valence-electron chi connectivity index (χ2n) is 7.22. The minimum Gasteiger partial charge on any atom is -0.469 e. The monoisotopic (exact) mass is 424 g/mol. The first kappa shape index (κ1) is 18.1. The number of pyridine rings is 1. The quantitative estimate of drug-likeness (QED) is 0.646. The molecule has 2 heterocycles. The Kier molecular flexibility index (Phi) is 4.96. The van der Waals surface area contributed by atoms with Crippen molar-refractivity contribution in [3.8, 4) is 0 Å². The van der Waals surface area contributed by atoms with Crippen molar-refractivity contribution in [2.75, 3.05) is 7.11 Å². The van der Waals surface area contributed by atoms with Crippen LogP contribution in [-0.4, -0.2) is 23.8 Å². The van der Waals surface area contributed by atoms with E-state index in [-0.39, 0.29) is 5.97 Å². The number of benzene rings is 1. The third kappa shape index (κ3) is 3.61. The number of allylic oxidation sites excluding steroid dienone is 1. The van der Waals surface area contributed by atoms with Gasteiger partial charge in [0.25, 0.3) is 0 Å². The third-order valence-corrected chi connectivity index (χ3v) is 5.86. The van der Waals surface area contributed by atoms with E-state index in [0.717, 1.165) is 28.4 Å². The minimum atomic E-state index is -0.221. The fraction of sp³-hybridized carbons (Fsp3) is 0.318. The van der Waals surface area contributed by atoms with Gasteiger partial charge in [-0.05, 0) is 56.6 Å². The van der Waals surface area contributed by atoms with Crippen LogP contribution in [0.5, 0.6) is 0 Å². The molecule has 2 atom stereocenters. The van der Waals surface area contributed by atoms with Gasteiger partial charge in [-0.2, -0.15) is 0 Å². The van der Waals surface area contributed by atoms with Crippen LogP contribution >= 0.6 is 15.9 Å². The summed E-state index contributed by atoms with van der Waals surface area (Å²) >= 11 is 3.53. The van der Waals surface area contributed by atoms with E-state index in [2.05, 4.69) is 46.0 Å². The summed E-state index contributed by atoms with van der Waals surface area (Å²) in [5.41, 5.74) is 7.03. The van der Waals surface area contributed by atoms with Gasteiger partial charge in [-0.15, -0.1) is 0 Å². The number of ether oxygens (including phenoxy) is 1. The van der Waals surface area contributed by atoms with Crippen molar-refractivity contribution in [2.45, 2.75) is 38.0 Å². The van der Waals surface area contributed by atoms with E-state index in [4.69, 9.17) is 9.73 Å². The molecule has 27 heavy (non-hydrogen) atoms. The van der Waals surface area contributed by atoms with Crippen LogP contribution in [0.1, 0.15) is 54.0 Å². The first-order valence-corrected chi connectivity index (χ1v) is 9.91. The van der Waals surface area contributed by atoms with Gasteiger partial charge < -0.3 is 4.74 Å². The second-order valence-corrected chi connectivity index (χ2v) is 8.13. The zero-order chi connectivity index (χ0) is 19.0. The molecule has 2 aromatic rings. The highest BCUT2D eigenvalue weighted by Crippen LogP contribution is 2.44. The predicted octanol–water partition coefficient (Wildman–Crippen LogP) is 5.04. The number of carbonyl (C=O) groups is 1. The van der Waals surface area contributed by atoms with Gasteiger partial charge >= 0.3 is 5.97 Å². The Labute approximate surface area is 167 Å². The van der Waals surface area contributed by atoms with Gasteiger partial charge in [0.1, 0.15) is 0 Å². The molecule has 0 saturated carbocycles. The molecule has 0 amide bonds. The van der Waals surface area contributed by atoms with Crippen LogP contribution in [0.4, 0.5) is 0 Å². The molecule has 0 bridgehead atoms. The summed E-state index contributed by atoms with van der Waals surface area (Å²) in [7, 11) is 1.41. The molecule has 1 aliphatic carbocycles. The highest BCUT2D eigenvalue weighted by Gasteiger charge is 2.34. The summed E-state index contributed by atoms with van der Waals surface area (Å²) in [4.78, 5) is 20.8. The summed E-state index contributed by atoms with van der Waals surface area (Å²) in [5.74, 6) is 0.580. The molecule has 5 heteroatoms. The molecule has 138 valence electrons. The van der Waals surface area contributed by atoms with Crippen LogP contribution in [0.25, 0.3) is 5.57 Å². The SMILES string of the molecule is COC(=O)Cc1ccc(C2=CN=C(C3CC(C)c4cc(Br)cnc43)C2)cc1. The number of fused-ring (bicyclic) bond motifs is 1. The molecule has 0 spiro atoms. The Hall–Kier alpha value is -2.27. The fourth-order valence-corrected chi connectivity index (χ4v) is 4.30. The van der Waals surface area contributed by atoms with Gasteiger partial charge in [-0.3, -0.25) is 14.8 Å². The van der Waals surface area contributed by atoms with E-state index in [1.807, 2.05) is 24.5 Å². The lowest BCUT2D eigenvalue weighted by Crippen LogP contribution is -2.09. The zero-order valence-electron chi connectivity index (χ0n) is 15.4. The standard InChI is InChI=1S/C22H21BrN2O2/c1-13-7-19(22-18(13)10-17(23)12-25-22)20-9-16(11-24-20)15-5-3-14(4-6-15)8-21(26)27-2/h3-6,10-13,19H,7-9H2,1-2H3. The lowest BCUT2D eigenvalue weighted by molar-refractivity contribution is -0.139. The molecule has 0 fully saturated rings. The average Bonchev–Trinajstić information content (AvgIpc) is 3.27. The summed E-state index contributed by atoms with van der Waals surface area (Å²) in [6.45, 7) is 2.26. The van der Waals surface area contributed by atoms with Crippen LogP contribution in [0.2, 0.25) is 0 Å². The maximum absolute atomic E-state index is 11.4. The van der Waals surface area contributed by atoms with E-state index < -0.39 is 0 Å². The van der Waals surface area contributed by atoms with E-state index >= 15 is 0 Å². The number of nitrogens with zero attached hydrogens (tertiary/aromatic N) is 2. The van der Waals surface area contributed by atoms with E-state index in [9.17, 15) is 4.79 Å². The van der Waals surface area contributed by atoms with Gasteiger partial charge in [-0.25, -0.2) is 0 Å². The Bertz CT molecular complexity index is 947. The maximum Gasteiger partial charge on any atom is 0.309 e. The minimum absolute atomic E-state index is 0.221. The number of carbonyl (C=O) groups excluding carboxylic acids is 1. The Morgan fingerprint density at radius 2 is 2.07 bits per heavy atom. The summed E-state index contributed by atoms with van der Waals surface area (Å²) in [5, 5.41) is 0. The molecule has 1 aromatic heterocycles. The van der Waals surface area contributed by atoms with Crippen molar-refractivity contribution in [2.24, 2.45) is 4.99 Å².